The highest BCUT2D eigenvalue weighted by atomic mass is 16.5. The minimum atomic E-state index is -1.63. The molecule has 0 saturated heterocycles. The quantitative estimate of drug-likeness (QED) is 0.408. The van der Waals surface area contributed by atoms with Crippen molar-refractivity contribution in [1.82, 2.24) is 10.6 Å². The van der Waals surface area contributed by atoms with Crippen LogP contribution in [0, 0.1) is 0 Å². The van der Waals surface area contributed by atoms with Crippen LogP contribution in [0.1, 0.15) is 23.5 Å². The second-order valence-electron chi connectivity index (χ2n) is 7.40. The predicted octanol–water partition coefficient (Wildman–Crippen LogP) is 1.02. The van der Waals surface area contributed by atoms with Crippen LogP contribution in [-0.2, 0) is 23.9 Å². The van der Waals surface area contributed by atoms with Crippen LogP contribution in [0.15, 0.2) is 48.5 Å². The van der Waals surface area contributed by atoms with E-state index < -0.39 is 49.1 Å². The highest BCUT2D eigenvalue weighted by Crippen LogP contribution is 2.44. The van der Waals surface area contributed by atoms with Gasteiger partial charge in [-0.15, -0.1) is 0 Å². The number of aliphatic carboxylic acids is 1. The minimum absolute atomic E-state index is 0.0116. The monoisotopic (exact) mass is 456 g/mol. The molecule has 2 unspecified atom stereocenters. The number of benzene rings is 2. The van der Waals surface area contributed by atoms with E-state index in [9.17, 15) is 24.3 Å². The zero-order valence-electron chi connectivity index (χ0n) is 17.8. The summed E-state index contributed by atoms with van der Waals surface area (Å²) in [4.78, 5) is 47.1. The van der Waals surface area contributed by atoms with Gasteiger partial charge in [0.1, 0.15) is 12.6 Å². The molecule has 0 bridgehead atoms. The Kier molecular flexibility index (Phi) is 7.62. The van der Waals surface area contributed by atoms with Crippen LogP contribution in [-0.4, -0.2) is 66.6 Å². The summed E-state index contributed by atoms with van der Waals surface area (Å²) in [6, 6.07) is 14.1. The van der Waals surface area contributed by atoms with E-state index in [-0.39, 0.29) is 12.5 Å². The third-order valence-electron chi connectivity index (χ3n) is 5.27. The summed E-state index contributed by atoms with van der Waals surface area (Å²) in [5, 5.41) is 23.1. The van der Waals surface area contributed by atoms with Gasteiger partial charge in [-0.25, -0.2) is 9.59 Å². The van der Waals surface area contributed by atoms with Gasteiger partial charge in [-0.2, -0.15) is 0 Å². The van der Waals surface area contributed by atoms with Gasteiger partial charge in [0.2, 0.25) is 5.91 Å². The van der Waals surface area contributed by atoms with E-state index in [1.807, 2.05) is 48.5 Å². The standard InChI is InChI=1S/C23H24N2O8/c1-32-22(30)19(26)11-24-21(29)18(10-20(27)28)25-23(31)33-12-17-15-8-4-2-6-13(15)14-7-3-5-9-16(14)17/h2-9,17-19,26H,10-12H2,1H3,(H,24,29)(H,25,31)(H,27,28). The molecule has 10 nitrogen and oxygen atoms in total. The first-order valence-corrected chi connectivity index (χ1v) is 10.2. The Morgan fingerprint density at radius 3 is 2.12 bits per heavy atom. The molecule has 2 aromatic rings. The second-order valence-corrected chi connectivity index (χ2v) is 7.40. The maximum Gasteiger partial charge on any atom is 0.407 e. The van der Waals surface area contributed by atoms with E-state index in [1.54, 1.807) is 0 Å². The molecule has 0 radical (unpaired) electrons. The van der Waals surface area contributed by atoms with Crippen LogP contribution in [0.4, 0.5) is 4.79 Å². The van der Waals surface area contributed by atoms with E-state index in [2.05, 4.69) is 15.4 Å². The predicted molar refractivity (Wildman–Crippen MR) is 115 cm³/mol. The summed E-state index contributed by atoms with van der Waals surface area (Å²) in [6.07, 6.45) is -3.31. The van der Waals surface area contributed by atoms with Gasteiger partial charge in [-0.3, -0.25) is 9.59 Å². The fraction of sp³-hybridized carbons (Fsp3) is 0.304. The SMILES string of the molecule is COC(=O)C(O)CNC(=O)C(CC(=O)O)NC(=O)OCC1c2ccccc2-c2ccccc21. The smallest absolute Gasteiger partial charge is 0.407 e. The lowest BCUT2D eigenvalue weighted by Gasteiger charge is -2.19. The Bertz CT molecular complexity index is 1010. The maximum absolute atomic E-state index is 12.4. The number of carboxylic acid groups (broad SMARTS) is 1. The fourth-order valence-corrected chi connectivity index (χ4v) is 3.71. The Labute approximate surface area is 189 Å². The van der Waals surface area contributed by atoms with Gasteiger partial charge >= 0.3 is 18.0 Å². The number of aliphatic hydroxyl groups excluding tert-OH is 1. The number of rotatable bonds is 9. The summed E-state index contributed by atoms with van der Waals surface area (Å²) in [6.45, 7) is -0.518. The van der Waals surface area contributed by atoms with Crippen LogP contribution in [0.25, 0.3) is 11.1 Å². The van der Waals surface area contributed by atoms with Crippen molar-refractivity contribution in [2.24, 2.45) is 0 Å². The highest BCUT2D eigenvalue weighted by molar-refractivity contribution is 5.89. The molecule has 0 aliphatic heterocycles. The van der Waals surface area contributed by atoms with Crippen molar-refractivity contribution >= 4 is 23.9 Å². The van der Waals surface area contributed by atoms with Crippen LogP contribution in [0.5, 0.6) is 0 Å². The third kappa shape index (κ3) is 5.66. The fourth-order valence-electron chi connectivity index (χ4n) is 3.71. The normalized spacial score (nSPS) is 13.8. The Morgan fingerprint density at radius 1 is 1.00 bits per heavy atom. The largest absolute Gasteiger partial charge is 0.481 e. The molecule has 3 rings (SSSR count). The number of aliphatic hydroxyl groups is 1. The van der Waals surface area contributed by atoms with Gasteiger partial charge < -0.3 is 30.3 Å². The topological polar surface area (TPSA) is 151 Å². The highest BCUT2D eigenvalue weighted by Gasteiger charge is 2.30. The molecule has 0 fully saturated rings. The van der Waals surface area contributed by atoms with Crippen molar-refractivity contribution in [3.8, 4) is 11.1 Å². The zero-order valence-corrected chi connectivity index (χ0v) is 17.8. The number of hydrogen-bond donors (Lipinski definition) is 4. The molecular formula is C23H24N2O8. The molecule has 174 valence electrons. The first kappa shape index (κ1) is 23.7. The van der Waals surface area contributed by atoms with E-state index in [1.165, 1.54) is 0 Å². The summed E-state index contributed by atoms with van der Waals surface area (Å²) in [5.41, 5.74) is 4.11. The number of carbonyl (C=O) groups excluding carboxylic acids is 3. The zero-order chi connectivity index (χ0) is 24.0. The van der Waals surface area contributed by atoms with Crippen molar-refractivity contribution in [1.29, 1.82) is 0 Å². The first-order chi connectivity index (χ1) is 15.8. The second kappa shape index (κ2) is 10.6. The number of carbonyl (C=O) groups is 4. The van der Waals surface area contributed by atoms with Crippen LogP contribution >= 0.6 is 0 Å². The minimum Gasteiger partial charge on any atom is -0.481 e. The molecule has 10 heteroatoms. The van der Waals surface area contributed by atoms with E-state index in [0.29, 0.717) is 0 Å². The Hall–Kier alpha value is -3.92. The molecule has 2 amide bonds. The Balaban J connectivity index is 1.62. The summed E-state index contributed by atoms with van der Waals surface area (Å²) >= 11 is 0. The molecular weight excluding hydrogens is 432 g/mol. The lowest BCUT2D eigenvalue weighted by Crippen LogP contribution is -2.50. The average Bonchev–Trinajstić information content (AvgIpc) is 3.13. The van der Waals surface area contributed by atoms with Gasteiger partial charge in [0, 0.05) is 5.92 Å². The van der Waals surface area contributed by atoms with E-state index >= 15 is 0 Å². The lowest BCUT2D eigenvalue weighted by molar-refractivity contribution is -0.150. The number of amides is 2. The van der Waals surface area contributed by atoms with Gasteiger partial charge in [0.05, 0.1) is 20.1 Å². The van der Waals surface area contributed by atoms with Crippen molar-refractivity contribution in [2.45, 2.75) is 24.5 Å². The van der Waals surface area contributed by atoms with Crippen molar-refractivity contribution in [3.05, 3.63) is 59.7 Å². The van der Waals surface area contributed by atoms with Gasteiger partial charge in [0.25, 0.3) is 0 Å². The summed E-state index contributed by atoms with van der Waals surface area (Å²) in [5.74, 6) is -3.39. The first-order valence-electron chi connectivity index (χ1n) is 10.2. The number of carboxylic acids is 1. The maximum atomic E-state index is 12.4. The van der Waals surface area contributed by atoms with E-state index in [4.69, 9.17) is 9.84 Å². The molecule has 33 heavy (non-hydrogen) atoms. The number of nitrogens with one attached hydrogen (secondary N) is 2. The summed E-state index contributed by atoms with van der Waals surface area (Å²) in [7, 11) is 1.07. The van der Waals surface area contributed by atoms with Gasteiger partial charge in [0.15, 0.2) is 6.10 Å². The van der Waals surface area contributed by atoms with Crippen molar-refractivity contribution in [2.75, 3.05) is 20.3 Å². The number of ether oxygens (including phenoxy) is 2. The summed E-state index contributed by atoms with van der Waals surface area (Å²) < 4.78 is 9.68. The average molecular weight is 456 g/mol. The van der Waals surface area contributed by atoms with Crippen molar-refractivity contribution in [3.63, 3.8) is 0 Å². The lowest BCUT2D eigenvalue weighted by atomic mass is 9.98. The van der Waals surface area contributed by atoms with Gasteiger partial charge in [-0.1, -0.05) is 48.5 Å². The number of alkyl carbamates (subject to hydrolysis) is 1. The third-order valence-corrected chi connectivity index (χ3v) is 5.27. The molecule has 1 aliphatic rings. The molecule has 2 aromatic carbocycles. The van der Waals surface area contributed by atoms with Crippen LogP contribution in [0.2, 0.25) is 0 Å². The Morgan fingerprint density at radius 2 is 1.58 bits per heavy atom. The molecule has 0 saturated carbocycles. The van der Waals surface area contributed by atoms with Crippen LogP contribution < -0.4 is 10.6 Å². The molecule has 0 heterocycles. The van der Waals surface area contributed by atoms with Gasteiger partial charge in [-0.05, 0) is 22.3 Å². The number of methoxy groups -OCH3 is 1. The number of fused-ring (bicyclic) bond motifs is 3. The number of hydrogen-bond acceptors (Lipinski definition) is 7. The molecule has 1 aliphatic carbocycles. The molecule has 0 aromatic heterocycles. The van der Waals surface area contributed by atoms with E-state index in [0.717, 1.165) is 29.4 Å². The molecule has 2 atom stereocenters. The van der Waals surface area contributed by atoms with Crippen LogP contribution in [0.3, 0.4) is 0 Å². The number of esters is 1. The molecule has 0 spiro atoms. The van der Waals surface area contributed by atoms with Crippen molar-refractivity contribution < 1.29 is 38.9 Å². The molecule has 4 N–H and O–H groups in total.